The van der Waals surface area contributed by atoms with Gasteiger partial charge in [-0.1, -0.05) is 70.4 Å². The SMILES string of the molecule is CCCCCCCC/C=C\CCCCCCCC(=O)NC[C@H]1CC[C@H](C(=O)[O-])CC1.[Na+]. The van der Waals surface area contributed by atoms with Crippen molar-refractivity contribution in [2.75, 3.05) is 6.54 Å². The van der Waals surface area contributed by atoms with Crippen molar-refractivity contribution < 1.29 is 44.3 Å². The van der Waals surface area contributed by atoms with Crippen LogP contribution in [0.2, 0.25) is 0 Å². The Bertz CT molecular complexity index is 473. The summed E-state index contributed by atoms with van der Waals surface area (Å²) in [6.07, 6.45) is 24.9. The van der Waals surface area contributed by atoms with Crippen LogP contribution in [-0.4, -0.2) is 18.4 Å². The standard InChI is InChI=1S/C26H47NO3.Na/c1-2-3-4-5-6-7-8-9-10-11-12-13-14-15-16-17-25(28)27-22-23-18-20-24(21-19-23)26(29)30;/h9-10,23-24H,2-8,11-22H2,1H3,(H,27,28)(H,29,30);/q;+1/p-1/b10-9-;/t23-,24-;. The molecular weight excluding hydrogens is 397 g/mol. The molecule has 0 unspecified atom stereocenters. The molecule has 0 spiro atoms. The van der Waals surface area contributed by atoms with E-state index in [0.29, 0.717) is 31.7 Å². The summed E-state index contributed by atoms with van der Waals surface area (Å²) in [5.74, 6) is -0.622. The molecule has 1 amide bonds. The van der Waals surface area contributed by atoms with Crippen LogP contribution in [0.25, 0.3) is 0 Å². The predicted octanol–water partition coefficient (Wildman–Crippen LogP) is 2.70. The minimum Gasteiger partial charge on any atom is -0.550 e. The Morgan fingerprint density at radius 3 is 1.87 bits per heavy atom. The van der Waals surface area contributed by atoms with Gasteiger partial charge >= 0.3 is 29.6 Å². The molecule has 0 aromatic rings. The average Bonchev–Trinajstić information content (AvgIpc) is 2.75. The number of hydrogen-bond acceptors (Lipinski definition) is 3. The number of carboxylic acid groups (broad SMARTS) is 1. The summed E-state index contributed by atoms with van der Waals surface area (Å²) in [6, 6.07) is 0. The number of unbranched alkanes of at least 4 members (excludes halogenated alkanes) is 11. The quantitative estimate of drug-likeness (QED) is 0.201. The van der Waals surface area contributed by atoms with Crippen LogP contribution < -0.4 is 40.0 Å². The third-order valence-electron chi connectivity index (χ3n) is 6.43. The van der Waals surface area contributed by atoms with E-state index in [9.17, 15) is 14.7 Å². The molecule has 4 nitrogen and oxygen atoms in total. The number of carbonyl (C=O) groups is 2. The van der Waals surface area contributed by atoms with E-state index in [0.717, 1.165) is 25.7 Å². The minimum absolute atomic E-state index is 0. The van der Waals surface area contributed by atoms with Crippen molar-refractivity contribution in [3.63, 3.8) is 0 Å². The fourth-order valence-electron chi connectivity index (χ4n) is 4.31. The van der Waals surface area contributed by atoms with E-state index in [2.05, 4.69) is 24.4 Å². The van der Waals surface area contributed by atoms with Crippen LogP contribution in [0.1, 0.15) is 122 Å². The molecule has 1 fully saturated rings. The molecule has 1 N–H and O–H groups in total. The van der Waals surface area contributed by atoms with E-state index < -0.39 is 5.97 Å². The largest absolute Gasteiger partial charge is 1.00 e. The smallest absolute Gasteiger partial charge is 0.550 e. The maximum Gasteiger partial charge on any atom is 1.00 e. The topological polar surface area (TPSA) is 69.2 Å². The Morgan fingerprint density at radius 1 is 0.806 bits per heavy atom. The molecule has 0 heterocycles. The first-order valence-electron chi connectivity index (χ1n) is 12.8. The van der Waals surface area contributed by atoms with Crippen molar-refractivity contribution in [1.82, 2.24) is 5.32 Å². The first-order valence-corrected chi connectivity index (χ1v) is 12.8. The first-order chi connectivity index (χ1) is 14.6. The van der Waals surface area contributed by atoms with Crippen LogP contribution in [0.15, 0.2) is 12.2 Å². The van der Waals surface area contributed by atoms with Crippen LogP contribution in [0, 0.1) is 11.8 Å². The molecule has 0 aromatic carbocycles. The van der Waals surface area contributed by atoms with Gasteiger partial charge in [-0.05, 0) is 69.6 Å². The molecule has 0 aromatic heterocycles. The monoisotopic (exact) mass is 443 g/mol. The zero-order valence-corrected chi connectivity index (χ0v) is 22.5. The van der Waals surface area contributed by atoms with Crippen molar-refractivity contribution in [3.8, 4) is 0 Å². The van der Waals surface area contributed by atoms with E-state index in [1.54, 1.807) is 0 Å². The van der Waals surface area contributed by atoms with Gasteiger partial charge in [0.2, 0.25) is 5.91 Å². The van der Waals surface area contributed by atoms with E-state index in [-0.39, 0.29) is 41.4 Å². The maximum atomic E-state index is 12.0. The third-order valence-corrected chi connectivity index (χ3v) is 6.43. The van der Waals surface area contributed by atoms with Crippen LogP contribution in [0.4, 0.5) is 0 Å². The molecule has 0 saturated heterocycles. The van der Waals surface area contributed by atoms with Crippen molar-refractivity contribution in [2.24, 2.45) is 11.8 Å². The Hall–Kier alpha value is -0.320. The van der Waals surface area contributed by atoms with Crippen molar-refractivity contribution in [1.29, 1.82) is 0 Å². The molecule has 1 aliphatic rings. The second kappa shape index (κ2) is 21.5. The molecular formula is C26H46NNaO3. The fourth-order valence-corrected chi connectivity index (χ4v) is 4.31. The van der Waals surface area contributed by atoms with Gasteiger partial charge in [0.05, 0.1) is 0 Å². The third kappa shape index (κ3) is 17.9. The summed E-state index contributed by atoms with van der Waals surface area (Å²) in [7, 11) is 0. The van der Waals surface area contributed by atoms with Gasteiger partial charge in [-0.25, -0.2) is 0 Å². The van der Waals surface area contributed by atoms with Gasteiger partial charge in [0.15, 0.2) is 0 Å². The van der Waals surface area contributed by atoms with Crippen molar-refractivity contribution >= 4 is 11.9 Å². The molecule has 0 bridgehead atoms. The number of aliphatic carboxylic acids is 1. The average molecular weight is 444 g/mol. The van der Waals surface area contributed by atoms with Crippen LogP contribution in [-0.2, 0) is 9.59 Å². The summed E-state index contributed by atoms with van der Waals surface area (Å²) in [6.45, 7) is 2.96. The molecule has 0 radical (unpaired) electrons. The van der Waals surface area contributed by atoms with Crippen LogP contribution >= 0.6 is 0 Å². The van der Waals surface area contributed by atoms with Crippen LogP contribution in [0.5, 0.6) is 0 Å². The Kier molecular flexibility index (Phi) is 21.3. The van der Waals surface area contributed by atoms with Gasteiger partial charge in [0.25, 0.3) is 0 Å². The van der Waals surface area contributed by atoms with E-state index in [1.165, 1.54) is 70.6 Å². The summed E-state index contributed by atoms with van der Waals surface area (Å²) < 4.78 is 0. The maximum absolute atomic E-state index is 12.0. The molecule has 1 saturated carbocycles. The second-order valence-electron chi connectivity index (χ2n) is 9.18. The molecule has 174 valence electrons. The molecule has 5 heteroatoms. The minimum atomic E-state index is -0.915. The number of hydrogen-bond donors (Lipinski definition) is 1. The Morgan fingerprint density at radius 2 is 1.32 bits per heavy atom. The van der Waals surface area contributed by atoms with E-state index in [1.807, 2.05) is 0 Å². The van der Waals surface area contributed by atoms with Gasteiger partial charge in [-0.3, -0.25) is 4.79 Å². The summed E-state index contributed by atoms with van der Waals surface area (Å²) in [5, 5.41) is 13.9. The summed E-state index contributed by atoms with van der Waals surface area (Å²) in [4.78, 5) is 22.8. The molecule has 0 atom stereocenters. The van der Waals surface area contributed by atoms with Gasteiger partial charge < -0.3 is 15.2 Å². The number of rotatable bonds is 18. The van der Waals surface area contributed by atoms with Crippen LogP contribution in [0.3, 0.4) is 0 Å². The molecule has 1 aliphatic carbocycles. The summed E-state index contributed by atoms with van der Waals surface area (Å²) in [5.41, 5.74) is 0. The number of carboxylic acids is 1. The van der Waals surface area contributed by atoms with Gasteiger partial charge in [0.1, 0.15) is 0 Å². The number of nitrogens with one attached hydrogen (secondary N) is 1. The van der Waals surface area contributed by atoms with Gasteiger partial charge in [-0.2, -0.15) is 0 Å². The molecule has 1 rings (SSSR count). The van der Waals surface area contributed by atoms with Crippen molar-refractivity contribution in [3.05, 3.63) is 12.2 Å². The van der Waals surface area contributed by atoms with Crippen molar-refractivity contribution in [2.45, 2.75) is 122 Å². The number of allylic oxidation sites excluding steroid dienone is 2. The van der Waals surface area contributed by atoms with E-state index in [4.69, 9.17) is 0 Å². The zero-order valence-electron chi connectivity index (χ0n) is 20.5. The fraction of sp³-hybridized carbons (Fsp3) is 0.846. The predicted molar refractivity (Wildman–Crippen MR) is 123 cm³/mol. The number of carbonyl (C=O) groups excluding carboxylic acids is 2. The molecule has 31 heavy (non-hydrogen) atoms. The molecule has 0 aliphatic heterocycles. The van der Waals surface area contributed by atoms with E-state index >= 15 is 0 Å². The van der Waals surface area contributed by atoms with Gasteiger partial charge in [-0.15, -0.1) is 0 Å². The zero-order chi connectivity index (χ0) is 21.9. The first kappa shape index (κ1) is 30.7. The summed E-state index contributed by atoms with van der Waals surface area (Å²) >= 11 is 0. The second-order valence-corrected chi connectivity index (χ2v) is 9.18. The number of amides is 1. The normalized spacial score (nSPS) is 18.6. The Labute approximate surface area is 213 Å². The van der Waals surface area contributed by atoms with Gasteiger partial charge in [0, 0.05) is 18.9 Å². The Balaban J connectivity index is 0.00000900.